The van der Waals surface area contributed by atoms with Crippen LogP contribution in [0.5, 0.6) is 0 Å². The lowest BCUT2D eigenvalue weighted by Crippen LogP contribution is -2.37. The van der Waals surface area contributed by atoms with Gasteiger partial charge < -0.3 is 9.42 Å². The lowest BCUT2D eigenvalue weighted by molar-refractivity contribution is -0.131. The van der Waals surface area contributed by atoms with Crippen molar-refractivity contribution < 1.29 is 17.7 Å². The van der Waals surface area contributed by atoms with Crippen molar-refractivity contribution in [2.24, 2.45) is 7.05 Å². The molecule has 10 heteroatoms. The molecule has 1 fully saturated rings. The molecular formula is C19H29N5O4S. The SMILES string of the molecule is Cc1nn(C)c(C)c1CCC(=O)N1CCCN(S(=O)(=O)c2c(C)noc2C)CC1. The van der Waals surface area contributed by atoms with Gasteiger partial charge in [0.25, 0.3) is 0 Å². The van der Waals surface area contributed by atoms with E-state index in [0.29, 0.717) is 50.4 Å². The lowest BCUT2D eigenvalue weighted by atomic mass is 10.1. The van der Waals surface area contributed by atoms with E-state index in [9.17, 15) is 13.2 Å². The Balaban J connectivity index is 1.64. The van der Waals surface area contributed by atoms with Gasteiger partial charge in [-0.25, -0.2) is 8.42 Å². The van der Waals surface area contributed by atoms with Gasteiger partial charge in [-0.2, -0.15) is 9.40 Å². The first-order valence-corrected chi connectivity index (χ1v) is 11.3. The molecule has 0 aromatic carbocycles. The molecule has 3 rings (SSSR count). The standard InChI is InChI=1S/C19H29N5O4S/c1-13-17(15(3)22(5)20-13)7-8-18(25)23-9-6-10-24(12-11-23)29(26,27)19-14(2)21-28-16(19)4/h6-12H2,1-5H3. The molecule has 0 bridgehead atoms. The zero-order chi connectivity index (χ0) is 21.3. The van der Waals surface area contributed by atoms with Crippen LogP contribution in [0, 0.1) is 27.7 Å². The van der Waals surface area contributed by atoms with E-state index < -0.39 is 10.0 Å². The number of sulfonamides is 1. The number of hydrogen-bond acceptors (Lipinski definition) is 6. The molecule has 160 valence electrons. The summed E-state index contributed by atoms with van der Waals surface area (Å²) >= 11 is 0. The van der Waals surface area contributed by atoms with Crippen LogP contribution in [0.25, 0.3) is 0 Å². The summed E-state index contributed by atoms with van der Waals surface area (Å²) in [7, 11) is -1.79. The van der Waals surface area contributed by atoms with E-state index in [1.807, 2.05) is 25.6 Å². The summed E-state index contributed by atoms with van der Waals surface area (Å²) in [6.07, 6.45) is 1.63. The number of carbonyl (C=O) groups is 1. The van der Waals surface area contributed by atoms with Crippen LogP contribution in [0.15, 0.2) is 9.42 Å². The van der Waals surface area contributed by atoms with Crippen molar-refractivity contribution in [2.75, 3.05) is 26.2 Å². The third-order valence-corrected chi connectivity index (χ3v) is 7.76. The fourth-order valence-electron chi connectivity index (χ4n) is 3.92. The minimum Gasteiger partial charge on any atom is -0.360 e. The molecule has 0 atom stereocenters. The average molecular weight is 424 g/mol. The van der Waals surface area contributed by atoms with Crippen LogP contribution in [0.2, 0.25) is 0 Å². The molecule has 0 radical (unpaired) electrons. The molecule has 0 spiro atoms. The second kappa shape index (κ2) is 8.27. The molecule has 0 unspecified atom stereocenters. The van der Waals surface area contributed by atoms with Crippen molar-refractivity contribution in [1.29, 1.82) is 0 Å². The van der Waals surface area contributed by atoms with Crippen LogP contribution >= 0.6 is 0 Å². The number of aromatic nitrogens is 3. The van der Waals surface area contributed by atoms with Gasteiger partial charge in [0.2, 0.25) is 15.9 Å². The number of hydrogen-bond donors (Lipinski definition) is 0. The van der Waals surface area contributed by atoms with Crippen LogP contribution in [-0.4, -0.2) is 64.6 Å². The number of nitrogens with zero attached hydrogens (tertiary/aromatic N) is 5. The van der Waals surface area contributed by atoms with Crippen LogP contribution in [0.4, 0.5) is 0 Å². The molecule has 9 nitrogen and oxygen atoms in total. The highest BCUT2D eigenvalue weighted by molar-refractivity contribution is 7.89. The molecule has 2 aromatic rings. The first-order chi connectivity index (χ1) is 13.6. The number of carbonyl (C=O) groups excluding carboxylic acids is 1. The van der Waals surface area contributed by atoms with Crippen molar-refractivity contribution >= 4 is 15.9 Å². The van der Waals surface area contributed by atoms with Crippen molar-refractivity contribution in [1.82, 2.24) is 24.1 Å². The highest BCUT2D eigenvalue weighted by Crippen LogP contribution is 2.24. The maximum absolute atomic E-state index is 13.0. The number of amides is 1. The normalized spacial score (nSPS) is 16.2. The molecule has 0 N–H and O–H groups in total. The largest absolute Gasteiger partial charge is 0.360 e. The topological polar surface area (TPSA) is 102 Å². The van der Waals surface area contributed by atoms with E-state index in [0.717, 1.165) is 17.0 Å². The van der Waals surface area contributed by atoms with Crippen molar-refractivity contribution in [3.63, 3.8) is 0 Å². The molecule has 1 saturated heterocycles. The first-order valence-electron chi connectivity index (χ1n) is 9.82. The Morgan fingerprint density at radius 3 is 2.38 bits per heavy atom. The molecule has 1 amide bonds. The summed E-state index contributed by atoms with van der Waals surface area (Å²) in [5.41, 5.74) is 3.49. The maximum Gasteiger partial charge on any atom is 0.248 e. The maximum atomic E-state index is 13.0. The summed E-state index contributed by atoms with van der Waals surface area (Å²) in [6, 6.07) is 0. The van der Waals surface area contributed by atoms with Crippen molar-refractivity contribution in [3.05, 3.63) is 28.4 Å². The van der Waals surface area contributed by atoms with Crippen LogP contribution in [-0.2, 0) is 28.3 Å². The van der Waals surface area contributed by atoms with Gasteiger partial charge in [-0.05, 0) is 46.1 Å². The molecule has 0 aliphatic carbocycles. The third kappa shape index (κ3) is 4.23. The third-order valence-electron chi connectivity index (χ3n) is 5.62. The highest BCUT2D eigenvalue weighted by atomic mass is 32.2. The minimum atomic E-state index is -3.69. The van der Waals surface area contributed by atoms with E-state index in [2.05, 4.69) is 10.3 Å². The van der Waals surface area contributed by atoms with Gasteiger partial charge in [-0.1, -0.05) is 5.16 Å². The predicted molar refractivity (Wildman–Crippen MR) is 107 cm³/mol. The zero-order valence-corrected chi connectivity index (χ0v) is 18.5. The van der Waals surface area contributed by atoms with Crippen LogP contribution in [0.1, 0.15) is 41.2 Å². The monoisotopic (exact) mass is 423 g/mol. The Kier molecular flexibility index (Phi) is 6.13. The Morgan fingerprint density at radius 1 is 1.07 bits per heavy atom. The molecule has 1 aliphatic rings. The quantitative estimate of drug-likeness (QED) is 0.722. The van der Waals surface area contributed by atoms with Gasteiger partial charge in [-0.3, -0.25) is 9.48 Å². The summed E-state index contributed by atoms with van der Waals surface area (Å²) in [5.74, 6) is 0.339. The summed E-state index contributed by atoms with van der Waals surface area (Å²) in [4.78, 5) is 14.7. The van der Waals surface area contributed by atoms with Gasteiger partial charge in [0, 0.05) is 45.3 Å². The van der Waals surface area contributed by atoms with E-state index in [1.54, 1.807) is 18.7 Å². The number of rotatable bonds is 5. The van der Waals surface area contributed by atoms with E-state index in [-0.39, 0.29) is 17.3 Å². The summed E-state index contributed by atoms with van der Waals surface area (Å²) in [5, 5.41) is 8.16. The zero-order valence-electron chi connectivity index (χ0n) is 17.7. The van der Waals surface area contributed by atoms with E-state index in [4.69, 9.17) is 4.52 Å². The molecule has 1 aliphatic heterocycles. The summed E-state index contributed by atoms with van der Waals surface area (Å²) in [6.45, 7) is 8.76. The van der Waals surface area contributed by atoms with Gasteiger partial charge in [0.15, 0.2) is 5.76 Å². The van der Waals surface area contributed by atoms with Crippen LogP contribution in [0.3, 0.4) is 0 Å². The highest BCUT2D eigenvalue weighted by Gasteiger charge is 2.32. The van der Waals surface area contributed by atoms with Crippen molar-refractivity contribution in [2.45, 2.75) is 51.9 Å². The molecule has 29 heavy (non-hydrogen) atoms. The molecule has 0 saturated carbocycles. The Hall–Kier alpha value is -2.20. The lowest BCUT2D eigenvalue weighted by Gasteiger charge is -2.22. The van der Waals surface area contributed by atoms with Crippen molar-refractivity contribution in [3.8, 4) is 0 Å². The van der Waals surface area contributed by atoms with Gasteiger partial charge in [0.05, 0.1) is 5.69 Å². The van der Waals surface area contributed by atoms with E-state index >= 15 is 0 Å². The first kappa shape index (κ1) is 21.5. The Bertz CT molecular complexity index is 989. The minimum absolute atomic E-state index is 0.0456. The fourth-order valence-corrected chi connectivity index (χ4v) is 5.69. The predicted octanol–water partition coefficient (Wildman–Crippen LogP) is 1.50. The molecule has 3 heterocycles. The summed E-state index contributed by atoms with van der Waals surface area (Å²) < 4.78 is 34.3. The fraction of sp³-hybridized carbons (Fsp3) is 0.632. The molecular weight excluding hydrogens is 394 g/mol. The van der Waals surface area contributed by atoms with E-state index in [1.165, 1.54) is 4.31 Å². The second-order valence-electron chi connectivity index (χ2n) is 7.56. The van der Waals surface area contributed by atoms with Gasteiger partial charge in [-0.15, -0.1) is 0 Å². The Labute approximate surface area is 171 Å². The smallest absolute Gasteiger partial charge is 0.248 e. The second-order valence-corrected chi connectivity index (χ2v) is 9.44. The molecule has 2 aromatic heterocycles. The average Bonchev–Trinajstić information content (AvgIpc) is 3.00. The van der Waals surface area contributed by atoms with Crippen LogP contribution < -0.4 is 0 Å². The van der Waals surface area contributed by atoms with Gasteiger partial charge >= 0.3 is 0 Å². The number of aryl methyl sites for hydroxylation is 4. The van der Waals surface area contributed by atoms with Gasteiger partial charge in [0.1, 0.15) is 10.6 Å². The Morgan fingerprint density at radius 2 is 1.79 bits per heavy atom.